The van der Waals surface area contributed by atoms with E-state index >= 15 is 0 Å². The van der Waals surface area contributed by atoms with Crippen molar-refractivity contribution in [2.75, 3.05) is 18.4 Å². The molecule has 1 fully saturated rings. The zero-order valence-corrected chi connectivity index (χ0v) is 16.6. The molecule has 6 nitrogen and oxygen atoms in total. The molecule has 4 heterocycles. The highest BCUT2D eigenvalue weighted by Gasteiger charge is 2.13. The van der Waals surface area contributed by atoms with Crippen molar-refractivity contribution in [1.29, 1.82) is 0 Å². The number of rotatable bonds is 5. The number of benzene rings is 1. The number of pyridine rings is 1. The van der Waals surface area contributed by atoms with E-state index in [1.54, 1.807) is 11.3 Å². The van der Waals surface area contributed by atoms with Crippen LogP contribution in [0.5, 0.6) is 0 Å². The van der Waals surface area contributed by atoms with Gasteiger partial charge in [-0.1, -0.05) is 17.4 Å². The molecule has 0 atom stereocenters. The first-order valence-corrected chi connectivity index (χ1v) is 10.4. The summed E-state index contributed by atoms with van der Waals surface area (Å²) in [4.78, 5) is 11.7. The van der Waals surface area contributed by atoms with Crippen molar-refractivity contribution < 1.29 is 0 Å². The maximum Gasteiger partial charge on any atom is 0.189 e. The standard InChI is InChI=1S/C21H22N6S/c1-14-17(12-23-26-14)16-4-5-18-19(11-16)28-21(24-18)25-20-10-15(6-7-22-20)13-27-8-2-3-9-27/h4-7,10-12H,2-3,8-9,13H2,1H3,(H,23,26)(H,22,24,25). The minimum absolute atomic E-state index is 0.849. The lowest BCUT2D eigenvalue weighted by Gasteiger charge is -2.14. The summed E-state index contributed by atoms with van der Waals surface area (Å²) in [5, 5.41) is 11.4. The van der Waals surface area contributed by atoms with E-state index in [4.69, 9.17) is 4.98 Å². The highest BCUT2D eigenvalue weighted by Crippen LogP contribution is 2.32. The molecule has 5 rings (SSSR count). The van der Waals surface area contributed by atoms with Crippen molar-refractivity contribution in [1.82, 2.24) is 25.1 Å². The third kappa shape index (κ3) is 3.50. The summed E-state index contributed by atoms with van der Waals surface area (Å²) in [7, 11) is 0. The van der Waals surface area contributed by atoms with Crippen LogP contribution in [-0.4, -0.2) is 38.2 Å². The van der Waals surface area contributed by atoms with Gasteiger partial charge in [0.1, 0.15) is 5.82 Å². The number of fused-ring (bicyclic) bond motifs is 1. The number of H-pyrrole nitrogens is 1. The number of thiazole rings is 1. The lowest BCUT2D eigenvalue weighted by Crippen LogP contribution is -2.18. The van der Waals surface area contributed by atoms with Crippen LogP contribution in [0.4, 0.5) is 10.9 Å². The molecule has 0 saturated carbocycles. The van der Waals surface area contributed by atoms with Gasteiger partial charge in [-0.2, -0.15) is 5.10 Å². The number of hydrogen-bond acceptors (Lipinski definition) is 6. The fourth-order valence-electron chi connectivity index (χ4n) is 3.74. The van der Waals surface area contributed by atoms with Crippen LogP contribution in [0.25, 0.3) is 21.3 Å². The summed E-state index contributed by atoms with van der Waals surface area (Å²) < 4.78 is 1.15. The third-order valence-electron chi connectivity index (χ3n) is 5.19. The van der Waals surface area contributed by atoms with Crippen LogP contribution < -0.4 is 5.32 Å². The number of anilines is 2. The Kier molecular flexibility index (Phi) is 4.54. The van der Waals surface area contributed by atoms with E-state index in [9.17, 15) is 0 Å². The Morgan fingerprint density at radius 2 is 2.07 bits per heavy atom. The molecule has 0 amide bonds. The largest absolute Gasteiger partial charge is 0.316 e. The lowest BCUT2D eigenvalue weighted by atomic mass is 10.1. The summed E-state index contributed by atoms with van der Waals surface area (Å²) in [6.45, 7) is 5.42. The van der Waals surface area contributed by atoms with Gasteiger partial charge in [-0.3, -0.25) is 10.00 Å². The number of aryl methyl sites for hydroxylation is 1. The van der Waals surface area contributed by atoms with E-state index in [1.165, 1.54) is 31.5 Å². The smallest absolute Gasteiger partial charge is 0.189 e. The fraction of sp³-hybridized carbons (Fsp3) is 0.286. The summed E-state index contributed by atoms with van der Waals surface area (Å²) in [6.07, 6.45) is 6.36. The molecular weight excluding hydrogens is 368 g/mol. The molecule has 2 N–H and O–H groups in total. The van der Waals surface area contributed by atoms with Gasteiger partial charge in [-0.25, -0.2) is 9.97 Å². The van der Waals surface area contributed by atoms with E-state index in [1.807, 2.05) is 19.3 Å². The minimum atomic E-state index is 0.849. The minimum Gasteiger partial charge on any atom is -0.316 e. The molecule has 4 aromatic rings. The van der Waals surface area contributed by atoms with Gasteiger partial charge in [0.2, 0.25) is 0 Å². The Bertz CT molecular complexity index is 1110. The average Bonchev–Trinajstić information content (AvgIpc) is 3.42. The predicted octanol–water partition coefficient (Wildman–Crippen LogP) is 4.73. The van der Waals surface area contributed by atoms with Crippen LogP contribution >= 0.6 is 11.3 Å². The van der Waals surface area contributed by atoms with E-state index < -0.39 is 0 Å². The van der Waals surface area contributed by atoms with Crippen LogP contribution in [-0.2, 0) is 6.54 Å². The quantitative estimate of drug-likeness (QED) is 0.516. The number of aromatic nitrogens is 4. The summed E-state index contributed by atoms with van der Waals surface area (Å²) in [5.74, 6) is 0.849. The van der Waals surface area contributed by atoms with Crippen molar-refractivity contribution in [3.8, 4) is 11.1 Å². The first kappa shape index (κ1) is 17.3. The highest BCUT2D eigenvalue weighted by molar-refractivity contribution is 7.22. The Morgan fingerprint density at radius 1 is 1.18 bits per heavy atom. The van der Waals surface area contributed by atoms with Crippen molar-refractivity contribution in [2.45, 2.75) is 26.3 Å². The second-order valence-corrected chi connectivity index (χ2v) is 8.30. The van der Waals surface area contributed by atoms with E-state index in [0.29, 0.717) is 0 Å². The number of nitrogens with zero attached hydrogens (tertiary/aromatic N) is 4. The monoisotopic (exact) mass is 390 g/mol. The average molecular weight is 391 g/mol. The molecular formula is C21H22N6S. The van der Waals surface area contributed by atoms with Gasteiger partial charge < -0.3 is 5.32 Å². The van der Waals surface area contributed by atoms with E-state index in [0.717, 1.165) is 44.5 Å². The maximum atomic E-state index is 4.72. The number of hydrogen-bond donors (Lipinski definition) is 2. The van der Waals surface area contributed by atoms with Crippen LogP contribution in [0.2, 0.25) is 0 Å². The van der Waals surface area contributed by atoms with Crippen molar-refractivity contribution in [2.24, 2.45) is 0 Å². The molecule has 1 saturated heterocycles. The van der Waals surface area contributed by atoms with Gasteiger partial charge in [0, 0.05) is 24.0 Å². The normalized spacial score (nSPS) is 14.8. The van der Waals surface area contributed by atoms with Crippen LogP contribution in [0.1, 0.15) is 24.1 Å². The van der Waals surface area contributed by atoms with Crippen molar-refractivity contribution in [3.63, 3.8) is 0 Å². The SMILES string of the molecule is Cc1[nH]ncc1-c1ccc2nc(Nc3cc(CN4CCCC4)ccn3)sc2c1. The lowest BCUT2D eigenvalue weighted by molar-refractivity contribution is 0.331. The van der Waals surface area contributed by atoms with Crippen LogP contribution in [0.15, 0.2) is 42.7 Å². The number of aromatic amines is 1. The molecule has 0 unspecified atom stereocenters. The highest BCUT2D eigenvalue weighted by atomic mass is 32.1. The Labute approximate surface area is 167 Å². The molecule has 1 aliphatic rings. The Hall–Kier alpha value is -2.77. The molecule has 3 aromatic heterocycles. The van der Waals surface area contributed by atoms with E-state index in [-0.39, 0.29) is 0 Å². The topological polar surface area (TPSA) is 69.7 Å². The summed E-state index contributed by atoms with van der Waals surface area (Å²) in [6, 6.07) is 10.6. The first-order chi connectivity index (χ1) is 13.7. The first-order valence-electron chi connectivity index (χ1n) is 9.60. The summed E-state index contributed by atoms with van der Waals surface area (Å²) >= 11 is 1.64. The van der Waals surface area contributed by atoms with Crippen LogP contribution in [0.3, 0.4) is 0 Å². The molecule has 1 aromatic carbocycles. The number of nitrogens with one attached hydrogen (secondary N) is 2. The van der Waals surface area contributed by atoms with Gasteiger partial charge >= 0.3 is 0 Å². The molecule has 0 spiro atoms. The van der Waals surface area contributed by atoms with Crippen LogP contribution in [0, 0.1) is 6.92 Å². The predicted molar refractivity (Wildman–Crippen MR) is 114 cm³/mol. The van der Waals surface area contributed by atoms with Gasteiger partial charge in [0.25, 0.3) is 0 Å². The molecule has 1 aliphatic heterocycles. The summed E-state index contributed by atoms with van der Waals surface area (Å²) in [5.41, 5.74) is 5.63. The van der Waals surface area contributed by atoms with E-state index in [2.05, 4.69) is 55.7 Å². The molecule has 7 heteroatoms. The zero-order chi connectivity index (χ0) is 18.9. The Morgan fingerprint density at radius 3 is 2.89 bits per heavy atom. The fourth-order valence-corrected chi connectivity index (χ4v) is 4.65. The molecule has 142 valence electrons. The van der Waals surface area contributed by atoms with Gasteiger partial charge in [-0.15, -0.1) is 0 Å². The Balaban J connectivity index is 1.37. The molecule has 0 bridgehead atoms. The van der Waals surface area contributed by atoms with Crippen molar-refractivity contribution >= 4 is 32.5 Å². The van der Waals surface area contributed by atoms with Gasteiger partial charge in [0.05, 0.1) is 16.4 Å². The third-order valence-corrected chi connectivity index (χ3v) is 6.13. The second-order valence-electron chi connectivity index (χ2n) is 7.27. The molecule has 0 aliphatic carbocycles. The van der Waals surface area contributed by atoms with Gasteiger partial charge in [-0.05, 0) is 68.2 Å². The van der Waals surface area contributed by atoms with Crippen molar-refractivity contribution in [3.05, 3.63) is 54.0 Å². The number of likely N-dealkylation sites (tertiary alicyclic amines) is 1. The van der Waals surface area contributed by atoms with Gasteiger partial charge in [0.15, 0.2) is 5.13 Å². The molecule has 0 radical (unpaired) electrons. The maximum absolute atomic E-state index is 4.72. The molecule has 28 heavy (non-hydrogen) atoms. The zero-order valence-electron chi connectivity index (χ0n) is 15.8. The second kappa shape index (κ2) is 7.33.